The standard InChI is InChI=1S/C27H33F/c1-3-5-19-6-8-21(9-7-19)22-11-13-23(14-12-22)24-16-17-26-25(18-24)15-10-20(4-2)27(26)28/h10-16,19,21H,3-9,17-18H2,1-2H3. The highest BCUT2D eigenvalue weighted by molar-refractivity contribution is 5.71. The van der Waals surface area contributed by atoms with Gasteiger partial charge in [-0.05, 0) is 90.2 Å². The minimum absolute atomic E-state index is 0.0179. The Morgan fingerprint density at radius 2 is 1.68 bits per heavy atom. The van der Waals surface area contributed by atoms with E-state index in [-0.39, 0.29) is 5.82 Å². The van der Waals surface area contributed by atoms with Gasteiger partial charge in [-0.1, -0.05) is 69.2 Å². The zero-order chi connectivity index (χ0) is 19.5. The first kappa shape index (κ1) is 19.4. The van der Waals surface area contributed by atoms with Gasteiger partial charge in [-0.3, -0.25) is 0 Å². The van der Waals surface area contributed by atoms with Crippen LogP contribution in [0.3, 0.4) is 0 Å². The van der Waals surface area contributed by atoms with Crippen LogP contribution in [0.2, 0.25) is 0 Å². The van der Waals surface area contributed by atoms with Gasteiger partial charge < -0.3 is 0 Å². The lowest BCUT2D eigenvalue weighted by Gasteiger charge is -2.28. The molecule has 148 valence electrons. The highest BCUT2D eigenvalue weighted by Crippen LogP contribution is 2.38. The normalized spacial score (nSPS) is 21.9. The maximum atomic E-state index is 14.6. The summed E-state index contributed by atoms with van der Waals surface area (Å²) in [6, 6.07) is 13.4. The van der Waals surface area contributed by atoms with Gasteiger partial charge in [0.15, 0.2) is 0 Å². The molecule has 0 saturated heterocycles. The van der Waals surface area contributed by atoms with Crippen LogP contribution < -0.4 is 0 Å². The zero-order valence-electron chi connectivity index (χ0n) is 17.4. The van der Waals surface area contributed by atoms with Crippen LogP contribution in [0.1, 0.15) is 86.1 Å². The number of allylic oxidation sites excluding steroid dienone is 2. The van der Waals surface area contributed by atoms with Crippen molar-refractivity contribution in [2.45, 2.75) is 77.6 Å². The van der Waals surface area contributed by atoms with E-state index in [0.717, 1.165) is 41.4 Å². The molecule has 2 aromatic rings. The lowest BCUT2D eigenvalue weighted by Crippen LogP contribution is -2.13. The first-order chi connectivity index (χ1) is 13.7. The maximum absolute atomic E-state index is 14.6. The summed E-state index contributed by atoms with van der Waals surface area (Å²) >= 11 is 0. The Kier molecular flexibility index (Phi) is 5.99. The number of benzene rings is 2. The van der Waals surface area contributed by atoms with E-state index in [9.17, 15) is 4.39 Å². The van der Waals surface area contributed by atoms with Gasteiger partial charge in [0.25, 0.3) is 0 Å². The monoisotopic (exact) mass is 376 g/mol. The summed E-state index contributed by atoms with van der Waals surface area (Å²) in [5.41, 5.74) is 7.06. The van der Waals surface area contributed by atoms with Crippen LogP contribution in [0.4, 0.5) is 4.39 Å². The molecular formula is C27H33F. The van der Waals surface area contributed by atoms with Crippen molar-refractivity contribution in [3.8, 4) is 0 Å². The van der Waals surface area contributed by atoms with E-state index in [1.807, 2.05) is 13.0 Å². The summed E-state index contributed by atoms with van der Waals surface area (Å²) in [6.07, 6.45) is 12.8. The fraction of sp³-hybridized carbons (Fsp3) is 0.481. The van der Waals surface area contributed by atoms with Crippen molar-refractivity contribution < 1.29 is 4.39 Å². The second-order valence-corrected chi connectivity index (χ2v) is 8.77. The summed E-state index contributed by atoms with van der Waals surface area (Å²) < 4.78 is 14.6. The lowest BCUT2D eigenvalue weighted by molar-refractivity contribution is 0.308. The zero-order valence-corrected chi connectivity index (χ0v) is 17.4. The molecule has 0 N–H and O–H groups in total. The van der Waals surface area contributed by atoms with Crippen molar-refractivity contribution in [3.63, 3.8) is 0 Å². The third kappa shape index (κ3) is 3.95. The molecule has 0 radical (unpaired) electrons. The molecule has 4 rings (SSSR count). The first-order valence-electron chi connectivity index (χ1n) is 11.3. The number of halogens is 1. The van der Waals surface area contributed by atoms with E-state index < -0.39 is 0 Å². The molecule has 28 heavy (non-hydrogen) atoms. The van der Waals surface area contributed by atoms with Crippen LogP contribution in [-0.4, -0.2) is 0 Å². The first-order valence-corrected chi connectivity index (χ1v) is 11.3. The summed E-state index contributed by atoms with van der Waals surface area (Å²) in [5, 5.41) is 0. The van der Waals surface area contributed by atoms with Gasteiger partial charge in [0.05, 0.1) is 0 Å². The fourth-order valence-electron chi connectivity index (χ4n) is 5.25. The lowest BCUT2D eigenvalue weighted by atomic mass is 9.77. The van der Waals surface area contributed by atoms with Crippen molar-refractivity contribution >= 4 is 5.57 Å². The Hall–Kier alpha value is -1.89. The van der Waals surface area contributed by atoms with Gasteiger partial charge in [0.2, 0.25) is 0 Å². The summed E-state index contributed by atoms with van der Waals surface area (Å²) in [5.74, 6) is 1.72. The highest BCUT2D eigenvalue weighted by Gasteiger charge is 2.22. The minimum Gasteiger partial charge on any atom is -0.206 e. The molecule has 2 aliphatic carbocycles. The molecule has 2 aliphatic rings. The molecule has 0 aliphatic heterocycles. The maximum Gasteiger partial charge on any atom is 0.130 e. The summed E-state index contributed by atoms with van der Waals surface area (Å²) in [7, 11) is 0. The van der Waals surface area contributed by atoms with Crippen LogP contribution in [0, 0.1) is 11.7 Å². The average molecular weight is 377 g/mol. The van der Waals surface area contributed by atoms with Crippen molar-refractivity contribution in [2.24, 2.45) is 5.92 Å². The molecule has 0 aromatic heterocycles. The number of hydrogen-bond donors (Lipinski definition) is 0. The third-order valence-electron chi connectivity index (χ3n) is 7.03. The predicted octanol–water partition coefficient (Wildman–Crippen LogP) is 7.64. The summed E-state index contributed by atoms with van der Waals surface area (Å²) in [6.45, 7) is 4.33. The van der Waals surface area contributed by atoms with Crippen LogP contribution in [-0.2, 0) is 19.3 Å². The minimum atomic E-state index is 0.0179. The third-order valence-corrected chi connectivity index (χ3v) is 7.03. The molecule has 0 spiro atoms. The van der Waals surface area contributed by atoms with E-state index >= 15 is 0 Å². The van der Waals surface area contributed by atoms with Gasteiger partial charge >= 0.3 is 0 Å². The number of aryl methyl sites for hydroxylation is 1. The molecule has 1 fully saturated rings. The predicted molar refractivity (Wildman–Crippen MR) is 117 cm³/mol. The van der Waals surface area contributed by atoms with E-state index in [4.69, 9.17) is 0 Å². The Morgan fingerprint density at radius 1 is 0.929 bits per heavy atom. The Morgan fingerprint density at radius 3 is 2.36 bits per heavy atom. The van der Waals surface area contributed by atoms with Crippen molar-refractivity contribution in [3.05, 3.63) is 76.1 Å². The molecule has 0 amide bonds. The SMILES string of the molecule is CCCC1CCC(c2ccc(C3=CCc4c(ccc(CC)c4F)C3)cc2)CC1. The molecule has 0 nitrogen and oxygen atoms in total. The molecule has 2 aromatic carbocycles. The van der Waals surface area contributed by atoms with E-state index in [2.05, 4.69) is 43.3 Å². The Balaban J connectivity index is 1.44. The fourth-order valence-corrected chi connectivity index (χ4v) is 5.25. The molecule has 0 heterocycles. The van der Waals surface area contributed by atoms with E-state index in [1.165, 1.54) is 55.2 Å². The van der Waals surface area contributed by atoms with E-state index in [1.54, 1.807) is 0 Å². The molecule has 0 bridgehead atoms. The van der Waals surface area contributed by atoms with Crippen LogP contribution in [0.15, 0.2) is 42.5 Å². The van der Waals surface area contributed by atoms with Gasteiger partial charge in [-0.15, -0.1) is 0 Å². The van der Waals surface area contributed by atoms with Crippen LogP contribution in [0.5, 0.6) is 0 Å². The Labute approximate surface area is 169 Å². The molecule has 0 unspecified atom stereocenters. The highest BCUT2D eigenvalue weighted by atomic mass is 19.1. The van der Waals surface area contributed by atoms with Gasteiger partial charge in [0.1, 0.15) is 5.82 Å². The molecule has 0 atom stereocenters. The van der Waals surface area contributed by atoms with Gasteiger partial charge in [-0.25, -0.2) is 4.39 Å². The molecule has 1 saturated carbocycles. The van der Waals surface area contributed by atoms with Crippen molar-refractivity contribution in [1.82, 2.24) is 0 Å². The number of rotatable bonds is 5. The quantitative estimate of drug-likeness (QED) is 0.503. The second-order valence-electron chi connectivity index (χ2n) is 8.77. The molecular weight excluding hydrogens is 343 g/mol. The number of hydrogen-bond acceptors (Lipinski definition) is 0. The average Bonchev–Trinajstić information content (AvgIpc) is 2.75. The largest absolute Gasteiger partial charge is 0.206 e. The van der Waals surface area contributed by atoms with Crippen LogP contribution in [0.25, 0.3) is 5.57 Å². The number of fused-ring (bicyclic) bond motifs is 1. The van der Waals surface area contributed by atoms with Crippen LogP contribution >= 0.6 is 0 Å². The Bertz CT molecular complexity index is 835. The summed E-state index contributed by atoms with van der Waals surface area (Å²) in [4.78, 5) is 0. The van der Waals surface area contributed by atoms with Gasteiger partial charge in [-0.2, -0.15) is 0 Å². The van der Waals surface area contributed by atoms with Crippen molar-refractivity contribution in [1.29, 1.82) is 0 Å². The second kappa shape index (κ2) is 8.64. The molecule has 1 heteroatoms. The van der Waals surface area contributed by atoms with Gasteiger partial charge in [0, 0.05) is 0 Å². The van der Waals surface area contributed by atoms with E-state index in [0.29, 0.717) is 6.42 Å². The van der Waals surface area contributed by atoms with Crippen molar-refractivity contribution in [2.75, 3.05) is 0 Å². The smallest absolute Gasteiger partial charge is 0.130 e. The topological polar surface area (TPSA) is 0 Å².